The fourth-order valence-corrected chi connectivity index (χ4v) is 5.25. The van der Waals surface area contributed by atoms with E-state index < -0.39 is 0 Å². The van der Waals surface area contributed by atoms with Crippen LogP contribution in [0.2, 0.25) is 0 Å². The molecule has 174 valence electrons. The van der Waals surface area contributed by atoms with Crippen LogP contribution in [0.5, 0.6) is 0 Å². The lowest BCUT2D eigenvalue weighted by Crippen LogP contribution is -2.47. The first-order valence-electron chi connectivity index (χ1n) is 12.0. The molecule has 1 amide bonds. The zero-order valence-electron chi connectivity index (χ0n) is 19.2. The standard InChI is InChI=1S/C26H33N5O2/c1-29-12-9-18(14-25(29)32)21-8-11-28-15-23(21)26(33)31(20-6-7-20)17-19-16-30(13-10-27)24-5-3-2-4-22(19)24/h2-5,9,12,14,16,20-21,23,28H,6-8,10-11,13,15,17,27H2,1H3/t21-,23+/m1/s1. The average molecular weight is 448 g/mol. The largest absolute Gasteiger partial charge is 0.346 e. The van der Waals surface area contributed by atoms with E-state index in [4.69, 9.17) is 5.73 Å². The molecule has 1 aromatic carbocycles. The van der Waals surface area contributed by atoms with Crippen LogP contribution in [0, 0.1) is 5.92 Å². The Morgan fingerprint density at radius 2 is 2.03 bits per heavy atom. The predicted octanol–water partition coefficient (Wildman–Crippen LogP) is 2.18. The van der Waals surface area contributed by atoms with Gasteiger partial charge in [-0.1, -0.05) is 18.2 Å². The maximum atomic E-state index is 14.0. The number of carbonyl (C=O) groups is 1. The fraction of sp³-hybridized carbons (Fsp3) is 0.462. The Balaban J connectivity index is 1.45. The number of hydrogen-bond donors (Lipinski definition) is 2. The van der Waals surface area contributed by atoms with Crippen molar-refractivity contribution >= 4 is 16.8 Å². The van der Waals surface area contributed by atoms with Crippen molar-refractivity contribution in [3.8, 4) is 0 Å². The van der Waals surface area contributed by atoms with Gasteiger partial charge in [0.25, 0.3) is 5.56 Å². The normalized spacial score (nSPS) is 20.8. The Morgan fingerprint density at radius 3 is 2.79 bits per heavy atom. The molecule has 3 N–H and O–H groups in total. The molecular weight excluding hydrogens is 414 g/mol. The van der Waals surface area contributed by atoms with Crippen LogP contribution < -0.4 is 16.6 Å². The number of piperidine rings is 1. The molecule has 3 aromatic rings. The molecule has 0 unspecified atom stereocenters. The molecule has 33 heavy (non-hydrogen) atoms. The molecule has 1 aliphatic heterocycles. The number of nitrogens with zero attached hydrogens (tertiary/aromatic N) is 3. The maximum absolute atomic E-state index is 14.0. The summed E-state index contributed by atoms with van der Waals surface area (Å²) < 4.78 is 3.78. The van der Waals surface area contributed by atoms with Crippen molar-refractivity contribution in [3.63, 3.8) is 0 Å². The monoisotopic (exact) mass is 447 g/mol. The van der Waals surface area contributed by atoms with Crippen LogP contribution in [-0.2, 0) is 24.9 Å². The van der Waals surface area contributed by atoms with Crippen molar-refractivity contribution in [2.75, 3.05) is 19.6 Å². The van der Waals surface area contributed by atoms with Gasteiger partial charge in [-0.3, -0.25) is 9.59 Å². The third-order valence-corrected chi connectivity index (χ3v) is 7.21. The van der Waals surface area contributed by atoms with Gasteiger partial charge in [-0.2, -0.15) is 0 Å². The first-order chi connectivity index (χ1) is 16.1. The zero-order chi connectivity index (χ0) is 22.9. The van der Waals surface area contributed by atoms with E-state index in [9.17, 15) is 9.59 Å². The number of carbonyl (C=O) groups excluding carboxylic acids is 1. The van der Waals surface area contributed by atoms with Gasteiger partial charge in [-0.05, 0) is 55.0 Å². The average Bonchev–Trinajstić information content (AvgIpc) is 3.62. The van der Waals surface area contributed by atoms with Crippen molar-refractivity contribution in [1.29, 1.82) is 0 Å². The summed E-state index contributed by atoms with van der Waals surface area (Å²) in [5.74, 6) is 0.0994. The van der Waals surface area contributed by atoms with Gasteiger partial charge in [0.05, 0.1) is 5.92 Å². The number of hydrogen-bond acceptors (Lipinski definition) is 4. The van der Waals surface area contributed by atoms with Crippen LogP contribution in [0.4, 0.5) is 0 Å². The van der Waals surface area contributed by atoms with E-state index in [0.29, 0.717) is 25.7 Å². The highest BCUT2D eigenvalue weighted by Gasteiger charge is 2.40. The highest BCUT2D eigenvalue weighted by molar-refractivity contribution is 5.85. The van der Waals surface area contributed by atoms with E-state index in [1.165, 1.54) is 16.5 Å². The molecule has 7 nitrogen and oxygen atoms in total. The van der Waals surface area contributed by atoms with Gasteiger partial charge in [-0.25, -0.2) is 0 Å². The van der Waals surface area contributed by atoms with Crippen LogP contribution in [0.25, 0.3) is 10.9 Å². The predicted molar refractivity (Wildman–Crippen MR) is 130 cm³/mol. The lowest BCUT2D eigenvalue weighted by Gasteiger charge is -2.35. The second-order valence-corrected chi connectivity index (χ2v) is 9.47. The molecule has 1 saturated carbocycles. The molecule has 2 aromatic heterocycles. The number of fused-ring (bicyclic) bond motifs is 1. The molecule has 2 fully saturated rings. The molecule has 0 spiro atoms. The van der Waals surface area contributed by atoms with E-state index in [1.807, 2.05) is 18.3 Å². The number of pyridine rings is 1. The van der Waals surface area contributed by atoms with E-state index in [0.717, 1.165) is 37.9 Å². The van der Waals surface area contributed by atoms with E-state index in [1.54, 1.807) is 17.7 Å². The fourth-order valence-electron chi connectivity index (χ4n) is 5.25. The van der Waals surface area contributed by atoms with Gasteiger partial charge in [0, 0.05) is 68.6 Å². The molecule has 1 saturated heterocycles. The van der Waals surface area contributed by atoms with E-state index in [-0.39, 0.29) is 23.3 Å². The summed E-state index contributed by atoms with van der Waals surface area (Å²) in [5.41, 5.74) is 9.14. The minimum Gasteiger partial charge on any atom is -0.346 e. The number of para-hydroxylation sites is 1. The summed E-state index contributed by atoms with van der Waals surface area (Å²) in [6, 6.07) is 12.4. The Hall–Kier alpha value is -2.90. The number of rotatable bonds is 7. The van der Waals surface area contributed by atoms with Gasteiger partial charge >= 0.3 is 0 Å². The third-order valence-electron chi connectivity index (χ3n) is 7.21. The SMILES string of the molecule is Cn1ccc([C@H]2CCNC[C@@H]2C(=O)N(Cc2cn(CCN)c3ccccc23)C2CC2)cc1=O. The molecule has 2 atom stereocenters. The number of nitrogens with two attached hydrogens (primary N) is 1. The summed E-state index contributed by atoms with van der Waals surface area (Å²) in [5, 5.41) is 4.61. The second kappa shape index (κ2) is 9.15. The Morgan fingerprint density at radius 1 is 1.21 bits per heavy atom. The Kier molecular flexibility index (Phi) is 6.08. The molecule has 7 heteroatoms. The van der Waals surface area contributed by atoms with E-state index in [2.05, 4.69) is 39.2 Å². The van der Waals surface area contributed by atoms with Crippen molar-refractivity contribution < 1.29 is 4.79 Å². The highest BCUT2D eigenvalue weighted by Crippen LogP contribution is 2.36. The summed E-state index contributed by atoms with van der Waals surface area (Å²) in [6.45, 7) is 3.46. The minimum atomic E-state index is -0.163. The number of aryl methyl sites for hydroxylation is 1. The van der Waals surface area contributed by atoms with Gasteiger partial charge in [0.2, 0.25) is 5.91 Å². The second-order valence-electron chi connectivity index (χ2n) is 9.47. The highest BCUT2D eigenvalue weighted by atomic mass is 16.2. The Labute approximate surface area is 194 Å². The topological polar surface area (TPSA) is 85.3 Å². The maximum Gasteiger partial charge on any atom is 0.250 e. The van der Waals surface area contributed by atoms with Crippen LogP contribution in [-0.4, -0.2) is 45.6 Å². The van der Waals surface area contributed by atoms with Crippen LogP contribution >= 0.6 is 0 Å². The number of amides is 1. The van der Waals surface area contributed by atoms with Crippen LogP contribution in [0.15, 0.2) is 53.6 Å². The first-order valence-corrected chi connectivity index (χ1v) is 12.0. The number of nitrogens with one attached hydrogen (secondary N) is 1. The quantitative estimate of drug-likeness (QED) is 0.581. The lowest BCUT2D eigenvalue weighted by molar-refractivity contribution is -0.138. The third kappa shape index (κ3) is 4.35. The summed E-state index contributed by atoms with van der Waals surface area (Å²) in [4.78, 5) is 28.3. The van der Waals surface area contributed by atoms with Gasteiger partial charge < -0.3 is 25.1 Å². The van der Waals surface area contributed by atoms with Crippen LogP contribution in [0.3, 0.4) is 0 Å². The summed E-state index contributed by atoms with van der Waals surface area (Å²) in [6.07, 6.45) is 6.95. The molecule has 2 aliphatic rings. The summed E-state index contributed by atoms with van der Waals surface area (Å²) in [7, 11) is 1.76. The van der Waals surface area contributed by atoms with Gasteiger partial charge in [-0.15, -0.1) is 0 Å². The van der Waals surface area contributed by atoms with Crippen molar-refractivity contribution in [1.82, 2.24) is 19.4 Å². The molecule has 1 aliphatic carbocycles. The smallest absolute Gasteiger partial charge is 0.250 e. The zero-order valence-corrected chi connectivity index (χ0v) is 19.2. The van der Waals surface area contributed by atoms with Crippen molar-refractivity contribution in [2.24, 2.45) is 18.7 Å². The summed E-state index contributed by atoms with van der Waals surface area (Å²) >= 11 is 0. The van der Waals surface area contributed by atoms with E-state index >= 15 is 0 Å². The lowest BCUT2D eigenvalue weighted by atomic mass is 9.80. The van der Waals surface area contributed by atoms with Crippen molar-refractivity contribution in [2.45, 2.75) is 44.3 Å². The number of aromatic nitrogens is 2. The molecule has 0 radical (unpaired) electrons. The number of benzene rings is 1. The molecule has 0 bridgehead atoms. The molecular formula is C26H33N5O2. The minimum absolute atomic E-state index is 0.0241. The van der Waals surface area contributed by atoms with Gasteiger partial charge in [0.1, 0.15) is 0 Å². The van der Waals surface area contributed by atoms with Crippen molar-refractivity contribution in [3.05, 3.63) is 70.3 Å². The molecule has 5 rings (SSSR count). The van der Waals surface area contributed by atoms with Crippen LogP contribution in [0.1, 0.15) is 36.3 Å². The Bertz CT molecular complexity index is 1210. The molecule has 3 heterocycles. The van der Waals surface area contributed by atoms with Gasteiger partial charge in [0.15, 0.2) is 0 Å². The first kappa shape index (κ1) is 21.9.